The molecule has 1 aliphatic rings. The molecule has 0 fully saturated rings. The van der Waals surface area contributed by atoms with Gasteiger partial charge in [-0.1, -0.05) is 36.9 Å². The van der Waals surface area contributed by atoms with Crippen molar-refractivity contribution in [1.82, 2.24) is 5.32 Å². The highest BCUT2D eigenvalue weighted by atomic mass is 19.1. The lowest BCUT2D eigenvalue weighted by atomic mass is 9.73. The number of nitrogens with one attached hydrogen (secondary N) is 1. The summed E-state index contributed by atoms with van der Waals surface area (Å²) < 4.78 is 19.9. The first-order valence-corrected chi connectivity index (χ1v) is 9.88. The summed E-state index contributed by atoms with van der Waals surface area (Å²) in [7, 11) is -1.82. The lowest BCUT2D eigenvalue weighted by Gasteiger charge is -2.25. The van der Waals surface area contributed by atoms with E-state index >= 15 is 0 Å². The molecule has 9 heteroatoms. The van der Waals surface area contributed by atoms with E-state index < -0.39 is 37.2 Å². The van der Waals surface area contributed by atoms with E-state index in [0.29, 0.717) is 6.61 Å². The van der Waals surface area contributed by atoms with Crippen LogP contribution < -0.4 is 15.0 Å². The van der Waals surface area contributed by atoms with Crippen LogP contribution in [-0.4, -0.2) is 48.1 Å². The first-order chi connectivity index (χ1) is 14.8. The molecular formula is C22H24BFN2O5. The predicted octanol–water partition coefficient (Wildman–Crippen LogP) is 1.72. The molecule has 0 saturated heterocycles. The minimum atomic E-state index is -1.82. The quantitative estimate of drug-likeness (QED) is 0.441. The third-order valence-electron chi connectivity index (χ3n) is 5.24. The Labute approximate surface area is 180 Å². The van der Waals surface area contributed by atoms with Gasteiger partial charge in [0.15, 0.2) is 0 Å². The van der Waals surface area contributed by atoms with Gasteiger partial charge in [0.05, 0.1) is 18.2 Å². The molecule has 0 radical (unpaired) electrons. The Morgan fingerprint density at radius 3 is 2.74 bits per heavy atom. The molecule has 3 N–H and O–H groups in total. The molecule has 2 aromatic rings. The number of fused-ring (bicyclic) bond motifs is 1. The number of hydrogen-bond acceptors (Lipinski definition) is 5. The van der Waals surface area contributed by atoms with E-state index in [1.807, 2.05) is 25.1 Å². The number of benzene rings is 2. The summed E-state index contributed by atoms with van der Waals surface area (Å²) in [5, 5.41) is 22.2. The van der Waals surface area contributed by atoms with Crippen LogP contribution in [-0.2, 0) is 9.59 Å². The van der Waals surface area contributed by atoms with Crippen molar-refractivity contribution in [2.75, 3.05) is 18.1 Å². The molecule has 2 aromatic carbocycles. The predicted molar refractivity (Wildman–Crippen MR) is 115 cm³/mol. The normalized spacial score (nSPS) is 15.4. The number of hydrogen-bond donors (Lipinski definition) is 3. The van der Waals surface area contributed by atoms with Gasteiger partial charge in [0.25, 0.3) is 5.91 Å². The van der Waals surface area contributed by atoms with Crippen LogP contribution in [0.25, 0.3) is 0 Å². The lowest BCUT2D eigenvalue weighted by molar-refractivity contribution is -0.122. The largest absolute Gasteiger partial charge is 0.492 e. The fourth-order valence-corrected chi connectivity index (χ4v) is 3.68. The average Bonchev–Trinajstić information content (AvgIpc) is 3.15. The van der Waals surface area contributed by atoms with Crippen molar-refractivity contribution >= 4 is 24.6 Å². The van der Waals surface area contributed by atoms with Crippen molar-refractivity contribution < 1.29 is 28.8 Å². The summed E-state index contributed by atoms with van der Waals surface area (Å²) in [6, 6.07) is 11.3. The molecule has 2 atom stereocenters. The van der Waals surface area contributed by atoms with Crippen LogP contribution in [0.3, 0.4) is 0 Å². The molecule has 0 bridgehead atoms. The van der Waals surface area contributed by atoms with E-state index in [-0.39, 0.29) is 18.0 Å². The molecule has 7 nitrogen and oxygen atoms in total. The van der Waals surface area contributed by atoms with Crippen molar-refractivity contribution in [3.63, 3.8) is 0 Å². The first-order valence-electron chi connectivity index (χ1n) is 9.88. The molecule has 31 heavy (non-hydrogen) atoms. The number of ether oxygens (including phenoxy) is 1. The van der Waals surface area contributed by atoms with E-state index in [9.17, 15) is 24.0 Å². The molecule has 1 unspecified atom stereocenters. The molecular weight excluding hydrogens is 402 g/mol. The van der Waals surface area contributed by atoms with Crippen molar-refractivity contribution in [2.24, 2.45) is 0 Å². The Kier molecular flexibility index (Phi) is 7.09. The Morgan fingerprint density at radius 1 is 1.32 bits per heavy atom. The van der Waals surface area contributed by atoms with Crippen molar-refractivity contribution in [3.05, 3.63) is 72.1 Å². The van der Waals surface area contributed by atoms with Crippen molar-refractivity contribution in [3.8, 4) is 5.75 Å². The van der Waals surface area contributed by atoms with Gasteiger partial charge in [-0.25, -0.2) is 4.39 Å². The molecule has 0 spiro atoms. The van der Waals surface area contributed by atoms with E-state index in [2.05, 4.69) is 11.9 Å². The maximum absolute atomic E-state index is 14.2. The topological polar surface area (TPSA) is 99.1 Å². The minimum absolute atomic E-state index is 0.0720. The molecule has 2 amide bonds. The Balaban J connectivity index is 1.72. The SMILES string of the molecule is C=CC(=O)N(CC(=O)NC(C[C@H]1COc2c(C)cccc21)B(O)O)c1ccccc1F. The zero-order valence-corrected chi connectivity index (χ0v) is 17.1. The molecule has 162 valence electrons. The Bertz CT molecular complexity index is 984. The van der Waals surface area contributed by atoms with Gasteiger partial charge in [-0.05, 0) is 37.1 Å². The number of para-hydroxylation sites is 2. The summed E-state index contributed by atoms with van der Waals surface area (Å²) in [4.78, 5) is 25.8. The maximum Gasteiger partial charge on any atom is 0.475 e. The summed E-state index contributed by atoms with van der Waals surface area (Å²) in [5.41, 5.74) is 1.85. The van der Waals surface area contributed by atoms with Crippen LogP contribution in [0.2, 0.25) is 0 Å². The van der Waals surface area contributed by atoms with Gasteiger partial charge < -0.3 is 20.1 Å². The molecule has 0 aliphatic carbocycles. The first kappa shape index (κ1) is 22.5. The molecule has 0 aromatic heterocycles. The van der Waals surface area contributed by atoms with Gasteiger partial charge in [-0.3, -0.25) is 14.5 Å². The molecule has 1 heterocycles. The highest BCUT2D eigenvalue weighted by molar-refractivity contribution is 6.43. The number of carbonyl (C=O) groups is 2. The summed E-state index contributed by atoms with van der Waals surface area (Å²) in [6.07, 6.45) is 1.20. The minimum Gasteiger partial charge on any atom is -0.492 e. The lowest BCUT2D eigenvalue weighted by Crippen LogP contribution is -2.51. The zero-order chi connectivity index (χ0) is 22.5. The van der Waals surface area contributed by atoms with Crippen LogP contribution >= 0.6 is 0 Å². The zero-order valence-electron chi connectivity index (χ0n) is 17.1. The maximum atomic E-state index is 14.2. The van der Waals surface area contributed by atoms with Crippen LogP contribution in [0, 0.1) is 12.7 Å². The number of carbonyl (C=O) groups excluding carboxylic acids is 2. The van der Waals surface area contributed by atoms with Crippen LogP contribution in [0.15, 0.2) is 55.1 Å². The monoisotopic (exact) mass is 426 g/mol. The second-order valence-electron chi connectivity index (χ2n) is 7.40. The smallest absolute Gasteiger partial charge is 0.475 e. The Morgan fingerprint density at radius 2 is 2.06 bits per heavy atom. The molecule has 0 saturated carbocycles. The summed E-state index contributed by atoms with van der Waals surface area (Å²) >= 11 is 0. The number of rotatable bonds is 8. The second kappa shape index (κ2) is 9.76. The van der Waals surface area contributed by atoms with E-state index in [1.54, 1.807) is 6.07 Å². The number of halogens is 1. The van der Waals surface area contributed by atoms with Crippen LogP contribution in [0.5, 0.6) is 5.75 Å². The van der Waals surface area contributed by atoms with E-state index in [4.69, 9.17) is 4.74 Å². The number of amides is 2. The summed E-state index contributed by atoms with van der Waals surface area (Å²) in [5.74, 6) is -2.37. The third kappa shape index (κ3) is 5.12. The number of aryl methyl sites for hydroxylation is 1. The summed E-state index contributed by atoms with van der Waals surface area (Å²) in [6.45, 7) is 5.17. The van der Waals surface area contributed by atoms with Gasteiger partial charge in [0.2, 0.25) is 5.91 Å². The fourth-order valence-electron chi connectivity index (χ4n) is 3.68. The number of nitrogens with zero attached hydrogens (tertiary/aromatic N) is 1. The van der Waals surface area contributed by atoms with Crippen LogP contribution in [0.4, 0.5) is 10.1 Å². The number of anilines is 1. The fraction of sp³-hybridized carbons (Fsp3) is 0.273. The van der Waals surface area contributed by atoms with Gasteiger partial charge in [-0.15, -0.1) is 0 Å². The van der Waals surface area contributed by atoms with E-state index in [0.717, 1.165) is 27.9 Å². The van der Waals surface area contributed by atoms with Gasteiger partial charge in [0.1, 0.15) is 18.1 Å². The van der Waals surface area contributed by atoms with Crippen molar-refractivity contribution in [1.29, 1.82) is 0 Å². The Hall–Kier alpha value is -3.17. The average molecular weight is 426 g/mol. The third-order valence-corrected chi connectivity index (χ3v) is 5.24. The highest BCUT2D eigenvalue weighted by Crippen LogP contribution is 2.38. The standard InChI is InChI=1S/C22H24BFN2O5/c1-3-21(28)26(18-10-5-4-9-17(18)24)12-20(27)25-19(23(29)30)11-15-13-31-22-14(2)7-6-8-16(15)22/h3-10,15,19,29-30H,1,11-13H2,2H3,(H,25,27)/t15-,19?/m0/s1. The van der Waals surface area contributed by atoms with Crippen LogP contribution in [0.1, 0.15) is 23.5 Å². The molecule has 3 rings (SSSR count). The van der Waals surface area contributed by atoms with Gasteiger partial charge in [-0.2, -0.15) is 0 Å². The highest BCUT2D eigenvalue weighted by Gasteiger charge is 2.34. The van der Waals surface area contributed by atoms with Gasteiger partial charge >= 0.3 is 7.12 Å². The second-order valence-corrected chi connectivity index (χ2v) is 7.40. The van der Waals surface area contributed by atoms with E-state index in [1.165, 1.54) is 18.2 Å². The molecule has 1 aliphatic heterocycles. The van der Waals surface area contributed by atoms with Gasteiger partial charge in [0, 0.05) is 11.5 Å². The van der Waals surface area contributed by atoms with Crippen molar-refractivity contribution in [2.45, 2.75) is 25.2 Å².